The van der Waals surface area contributed by atoms with E-state index >= 15 is 0 Å². The number of aromatic amines is 1. The molecule has 0 fully saturated rings. The molecule has 41 heavy (non-hydrogen) atoms. The van der Waals surface area contributed by atoms with Gasteiger partial charge >= 0.3 is 0 Å². The van der Waals surface area contributed by atoms with Crippen LogP contribution in [0.25, 0.3) is 22.5 Å². The Morgan fingerprint density at radius 2 is 1.76 bits per heavy atom. The van der Waals surface area contributed by atoms with Gasteiger partial charge in [0.15, 0.2) is 5.82 Å². The topological polar surface area (TPSA) is 82.6 Å². The Morgan fingerprint density at radius 1 is 0.927 bits per heavy atom. The Bertz CT molecular complexity index is 1660. The van der Waals surface area contributed by atoms with E-state index in [4.69, 9.17) is 4.98 Å². The Kier molecular flexibility index (Phi) is 6.71. The molecular weight excluding hydrogens is 506 g/mol. The summed E-state index contributed by atoms with van der Waals surface area (Å²) < 4.78 is 0. The number of fused-ring (bicyclic) bond motifs is 2. The van der Waals surface area contributed by atoms with Gasteiger partial charge in [-0.2, -0.15) is 5.21 Å². The van der Waals surface area contributed by atoms with Gasteiger partial charge in [0.2, 0.25) is 5.82 Å². The second kappa shape index (κ2) is 10.8. The van der Waals surface area contributed by atoms with E-state index in [0.717, 1.165) is 55.6 Å². The van der Waals surface area contributed by atoms with Crippen LogP contribution in [0.1, 0.15) is 53.8 Å². The zero-order valence-corrected chi connectivity index (χ0v) is 23.6. The van der Waals surface area contributed by atoms with Gasteiger partial charge in [0.25, 0.3) is 0 Å². The van der Waals surface area contributed by atoms with Crippen molar-refractivity contribution in [3.63, 3.8) is 0 Å². The number of benzene rings is 3. The molecule has 0 saturated carbocycles. The fourth-order valence-electron chi connectivity index (χ4n) is 6.66. The molecule has 2 N–H and O–H groups in total. The van der Waals surface area contributed by atoms with Crippen LogP contribution < -0.4 is 10.2 Å². The third kappa shape index (κ3) is 4.75. The maximum Gasteiger partial charge on any atom is 0.205 e. The summed E-state index contributed by atoms with van der Waals surface area (Å²) in [5.41, 5.74) is 11.1. The van der Waals surface area contributed by atoms with Gasteiger partial charge < -0.3 is 10.2 Å². The van der Waals surface area contributed by atoms with Crippen molar-refractivity contribution < 1.29 is 0 Å². The summed E-state index contributed by atoms with van der Waals surface area (Å²) in [6.45, 7) is 5.46. The van der Waals surface area contributed by atoms with Crippen molar-refractivity contribution in [2.75, 3.05) is 16.8 Å². The predicted molar refractivity (Wildman–Crippen MR) is 164 cm³/mol. The summed E-state index contributed by atoms with van der Waals surface area (Å²) in [7, 11) is 0. The molecular formula is C34H35N7. The molecule has 0 bridgehead atoms. The number of anilines is 2. The first kappa shape index (κ1) is 25.4. The molecule has 0 amide bonds. The van der Waals surface area contributed by atoms with Gasteiger partial charge in [0.05, 0.1) is 11.7 Å². The van der Waals surface area contributed by atoms with Crippen LogP contribution in [0, 0.1) is 6.92 Å². The van der Waals surface area contributed by atoms with Crippen LogP contribution >= 0.6 is 0 Å². The van der Waals surface area contributed by atoms with E-state index in [1.807, 2.05) is 6.07 Å². The molecule has 0 spiro atoms. The summed E-state index contributed by atoms with van der Waals surface area (Å²) in [6, 6.07) is 29.0. The number of aromatic nitrogens is 5. The molecule has 1 unspecified atom stereocenters. The van der Waals surface area contributed by atoms with Crippen molar-refractivity contribution in [3.05, 3.63) is 107 Å². The van der Waals surface area contributed by atoms with Crippen molar-refractivity contribution in [1.82, 2.24) is 25.6 Å². The number of hydrogen-bond donors (Lipinski definition) is 2. The van der Waals surface area contributed by atoms with E-state index in [1.165, 1.54) is 39.2 Å². The van der Waals surface area contributed by atoms with E-state index in [2.05, 4.69) is 117 Å². The summed E-state index contributed by atoms with van der Waals surface area (Å²) in [5.74, 6) is 1.74. The van der Waals surface area contributed by atoms with Crippen molar-refractivity contribution in [3.8, 4) is 22.5 Å². The molecule has 7 heteroatoms. The number of pyridine rings is 1. The first-order chi connectivity index (χ1) is 20.2. The zero-order chi connectivity index (χ0) is 27.8. The second-order valence-electron chi connectivity index (χ2n) is 11.2. The summed E-state index contributed by atoms with van der Waals surface area (Å²) >= 11 is 0. The van der Waals surface area contributed by atoms with Crippen molar-refractivity contribution in [2.45, 2.75) is 58.0 Å². The Morgan fingerprint density at radius 3 is 2.56 bits per heavy atom. The SMILES string of the molecule is CCC1CNc2c(C)cc(CCc3ccccc3)nc2N1[C@H]1CCc2cc(-c3ccccc3-c3nn[nH]n3)ccc21. The fraction of sp³-hybridized carbons (Fsp3) is 0.294. The summed E-state index contributed by atoms with van der Waals surface area (Å²) in [5, 5.41) is 18.6. The molecule has 1 aliphatic heterocycles. The van der Waals surface area contributed by atoms with E-state index in [9.17, 15) is 0 Å². The van der Waals surface area contributed by atoms with Crippen molar-refractivity contribution in [2.24, 2.45) is 0 Å². The third-order valence-electron chi connectivity index (χ3n) is 8.74. The molecule has 2 aromatic heterocycles. The standard InChI is InChI=1S/C34H35N7/c1-3-27-21-35-32-22(2)19-26(16-13-23-9-5-4-6-10-23)36-34(32)41(27)31-18-15-25-20-24(14-17-29(25)31)28-11-7-8-12-30(28)33-37-39-40-38-33/h4-12,14,17,19-20,27,31,35H,3,13,15-16,18,21H2,1-2H3,(H,37,38,39,40)/t27?,31-/m0/s1. The Labute approximate surface area is 241 Å². The predicted octanol–water partition coefficient (Wildman–Crippen LogP) is 6.72. The van der Waals surface area contributed by atoms with Gasteiger partial charge in [-0.1, -0.05) is 79.7 Å². The maximum atomic E-state index is 5.33. The van der Waals surface area contributed by atoms with Gasteiger partial charge in [-0.25, -0.2) is 4.98 Å². The highest BCUT2D eigenvalue weighted by Crippen LogP contribution is 2.45. The lowest BCUT2D eigenvalue weighted by molar-refractivity contribution is 0.496. The molecule has 3 aromatic carbocycles. The molecule has 206 valence electrons. The maximum absolute atomic E-state index is 5.33. The number of nitrogens with zero attached hydrogens (tertiary/aromatic N) is 5. The smallest absolute Gasteiger partial charge is 0.205 e. The monoisotopic (exact) mass is 541 g/mol. The van der Waals surface area contributed by atoms with Crippen LogP contribution in [0.2, 0.25) is 0 Å². The largest absolute Gasteiger partial charge is 0.380 e. The van der Waals surface area contributed by atoms with Crippen molar-refractivity contribution in [1.29, 1.82) is 0 Å². The van der Waals surface area contributed by atoms with Crippen molar-refractivity contribution >= 4 is 11.5 Å². The summed E-state index contributed by atoms with van der Waals surface area (Å²) in [6.07, 6.45) is 5.16. The number of H-pyrrole nitrogens is 1. The van der Waals surface area contributed by atoms with E-state index in [0.29, 0.717) is 17.9 Å². The minimum absolute atomic E-state index is 0.313. The summed E-state index contributed by atoms with van der Waals surface area (Å²) in [4.78, 5) is 7.97. The zero-order valence-electron chi connectivity index (χ0n) is 23.6. The van der Waals surface area contributed by atoms with Crippen LogP contribution in [-0.4, -0.2) is 38.2 Å². The molecule has 7 nitrogen and oxygen atoms in total. The molecule has 2 atom stereocenters. The van der Waals surface area contributed by atoms with Gasteiger partial charge in [-0.3, -0.25) is 0 Å². The van der Waals surface area contributed by atoms with Crippen LogP contribution in [-0.2, 0) is 19.3 Å². The molecule has 5 aromatic rings. The molecule has 7 rings (SSSR count). The number of tetrazole rings is 1. The quantitative estimate of drug-likeness (QED) is 0.238. The highest BCUT2D eigenvalue weighted by atomic mass is 15.5. The Balaban J connectivity index is 1.23. The first-order valence-electron chi connectivity index (χ1n) is 14.7. The van der Waals surface area contributed by atoms with Gasteiger partial charge in [-0.15, -0.1) is 10.2 Å². The number of nitrogens with one attached hydrogen (secondary N) is 2. The second-order valence-corrected chi connectivity index (χ2v) is 11.2. The minimum atomic E-state index is 0.313. The number of aryl methyl sites for hydroxylation is 4. The van der Waals surface area contributed by atoms with Gasteiger partial charge in [0, 0.05) is 23.8 Å². The first-order valence-corrected chi connectivity index (χ1v) is 14.7. The average molecular weight is 542 g/mol. The van der Waals surface area contributed by atoms with Crippen LogP contribution in [0.15, 0.2) is 78.9 Å². The highest BCUT2D eigenvalue weighted by Gasteiger charge is 2.37. The van der Waals surface area contributed by atoms with Crippen LogP contribution in [0.3, 0.4) is 0 Å². The lowest BCUT2D eigenvalue weighted by atomic mass is 9.95. The van der Waals surface area contributed by atoms with Crippen LogP contribution in [0.4, 0.5) is 11.5 Å². The number of hydrogen-bond acceptors (Lipinski definition) is 6. The van der Waals surface area contributed by atoms with Crippen LogP contribution in [0.5, 0.6) is 0 Å². The normalized spacial score (nSPS) is 17.7. The molecule has 0 saturated heterocycles. The molecule has 2 aliphatic rings. The highest BCUT2D eigenvalue weighted by molar-refractivity contribution is 5.81. The minimum Gasteiger partial charge on any atom is -0.380 e. The molecule has 0 radical (unpaired) electrons. The lowest BCUT2D eigenvalue weighted by Gasteiger charge is -2.43. The van der Waals surface area contributed by atoms with Gasteiger partial charge in [-0.05, 0) is 83.7 Å². The molecule has 3 heterocycles. The average Bonchev–Trinajstić information content (AvgIpc) is 3.70. The van der Waals surface area contributed by atoms with E-state index in [-0.39, 0.29) is 0 Å². The van der Waals surface area contributed by atoms with E-state index in [1.54, 1.807) is 0 Å². The fourth-order valence-corrected chi connectivity index (χ4v) is 6.66. The number of rotatable bonds is 7. The Hall–Kier alpha value is -4.52. The third-order valence-corrected chi connectivity index (χ3v) is 8.74. The molecule has 1 aliphatic carbocycles. The van der Waals surface area contributed by atoms with Gasteiger partial charge in [0.1, 0.15) is 0 Å². The van der Waals surface area contributed by atoms with E-state index < -0.39 is 0 Å². The lowest BCUT2D eigenvalue weighted by Crippen LogP contribution is -2.46.